The van der Waals surface area contributed by atoms with Crippen molar-refractivity contribution in [3.05, 3.63) is 46.5 Å². The second-order valence-electron chi connectivity index (χ2n) is 6.50. The molecule has 2 N–H and O–H groups in total. The summed E-state index contributed by atoms with van der Waals surface area (Å²) in [6.07, 6.45) is 1.43. The van der Waals surface area contributed by atoms with E-state index in [0.717, 1.165) is 30.0 Å². The highest BCUT2D eigenvalue weighted by molar-refractivity contribution is 5.94. The number of rotatable bonds is 3. The van der Waals surface area contributed by atoms with E-state index in [9.17, 15) is 9.90 Å². The summed E-state index contributed by atoms with van der Waals surface area (Å²) in [5.41, 5.74) is 3.21. The number of carboxylic acid groups (broad SMARTS) is 1. The normalized spacial score (nSPS) is 19.3. The summed E-state index contributed by atoms with van der Waals surface area (Å²) in [7, 11) is 0. The molecule has 7 nitrogen and oxygen atoms in total. The predicted octanol–water partition coefficient (Wildman–Crippen LogP) is 2.27. The molecule has 0 saturated carbocycles. The molecule has 7 heteroatoms. The Morgan fingerprint density at radius 2 is 1.85 bits per heavy atom. The number of aromatic carboxylic acids is 1. The van der Waals surface area contributed by atoms with Crippen molar-refractivity contribution in [2.75, 3.05) is 20.1 Å². The van der Waals surface area contributed by atoms with E-state index in [1.165, 1.54) is 5.56 Å². The van der Waals surface area contributed by atoms with Gasteiger partial charge in [-0.25, -0.2) is 4.79 Å². The Kier molecular flexibility index (Phi) is 3.43. The van der Waals surface area contributed by atoms with Crippen LogP contribution in [0.3, 0.4) is 0 Å². The van der Waals surface area contributed by atoms with E-state index < -0.39 is 5.97 Å². The summed E-state index contributed by atoms with van der Waals surface area (Å²) >= 11 is 0. The molecule has 0 spiro atoms. The molecule has 26 heavy (non-hydrogen) atoms. The molecule has 3 aliphatic rings. The highest BCUT2D eigenvalue weighted by Gasteiger charge is 2.29. The van der Waals surface area contributed by atoms with Gasteiger partial charge in [-0.05, 0) is 54.3 Å². The van der Waals surface area contributed by atoms with Crippen LogP contribution in [-0.4, -0.2) is 31.2 Å². The number of carbonyl (C=O) groups is 1. The Hall–Kier alpha value is -2.93. The molecule has 0 amide bonds. The predicted molar refractivity (Wildman–Crippen MR) is 90.2 cm³/mol. The van der Waals surface area contributed by atoms with E-state index >= 15 is 0 Å². The first-order valence-corrected chi connectivity index (χ1v) is 8.51. The smallest absolute Gasteiger partial charge is 0.339 e. The third-order valence-electron chi connectivity index (χ3n) is 5.06. The van der Waals surface area contributed by atoms with Crippen LogP contribution in [0, 0.1) is 0 Å². The number of ether oxygens (including phenoxy) is 4. The van der Waals surface area contributed by atoms with Gasteiger partial charge in [0.1, 0.15) is 5.56 Å². The quantitative estimate of drug-likeness (QED) is 0.873. The number of carboxylic acids is 1. The van der Waals surface area contributed by atoms with Gasteiger partial charge in [-0.15, -0.1) is 0 Å². The van der Waals surface area contributed by atoms with Gasteiger partial charge in [0.25, 0.3) is 0 Å². The average Bonchev–Trinajstić information content (AvgIpc) is 3.28. The second-order valence-corrected chi connectivity index (χ2v) is 6.50. The number of benzene rings is 2. The Morgan fingerprint density at radius 1 is 1.08 bits per heavy atom. The summed E-state index contributed by atoms with van der Waals surface area (Å²) in [4.78, 5) is 11.8. The van der Waals surface area contributed by atoms with E-state index in [-0.39, 0.29) is 25.2 Å². The third-order valence-corrected chi connectivity index (χ3v) is 5.06. The zero-order valence-electron chi connectivity index (χ0n) is 13.9. The Balaban J connectivity index is 1.53. The van der Waals surface area contributed by atoms with Crippen molar-refractivity contribution in [1.82, 2.24) is 5.32 Å². The fourth-order valence-corrected chi connectivity index (χ4v) is 3.85. The molecule has 0 bridgehead atoms. The topological polar surface area (TPSA) is 86.3 Å². The van der Waals surface area contributed by atoms with Crippen molar-refractivity contribution in [3.8, 4) is 23.0 Å². The van der Waals surface area contributed by atoms with Gasteiger partial charge in [-0.2, -0.15) is 0 Å². The van der Waals surface area contributed by atoms with Gasteiger partial charge in [0.05, 0.1) is 0 Å². The number of hydrogen-bond donors (Lipinski definition) is 2. The number of hydrogen-bond acceptors (Lipinski definition) is 6. The van der Waals surface area contributed by atoms with Gasteiger partial charge in [-0.1, -0.05) is 6.07 Å². The van der Waals surface area contributed by atoms with Crippen LogP contribution in [0.25, 0.3) is 0 Å². The summed E-state index contributed by atoms with van der Waals surface area (Å²) in [6.45, 7) is 1.11. The minimum absolute atomic E-state index is 0.00767. The van der Waals surface area contributed by atoms with E-state index in [0.29, 0.717) is 23.5 Å². The Morgan fingerprint density at radius 3 is 2.69 bits per heavy atom. The lowest BCUT2D eigenvalue weighted by atomic mass is 9.88. The maximum absolute atomic E-state index is 11.8. The first-order chi connectivity index (χ1) is 12.7. The van der Waals surface area contributed by atoms with Crippen molar-refractivity contribution in [1.29, 1.82) is 0 Å². The second kappa shape index (κ2) is 5.81. The first kappa shape index (κ1) is 15.3. The first-order valence-electron chi connectivity index (χ1n) is 8.51. The molecule has 2 aromatic rings. The summed E-state index contributed by atoms with van der Waals surface area (Å²) < 4.78 is 21.7. The lowest BCUT2D eigenvalue weighted by Gasteiger charge is -2.28. The Bertz CT molecular complexity index is 909. The molecule has 0 aliphatic carbocycles. The lowest BCUT2D eigenvalue weighted by molar-refractivity contribution is 0.0690. The van der Waals surface area contributed by atoms with Crippen LogP contribution in [0.5, 0.6) is 23.0 Å². The van der Waals surface area contributed by atoms with Crippen molar-refractivity contribution < 1.29 is 28.8 Å². The largest absolute Gasteiger partial charge is 0.478 e. The van der Waals surface area contributed by atoms with E-state index in [1.54, 1.807) is 12.1 Å². The molecule has 0 aromatic heterocycles. The summed E-state index contributed by atoms with van der Waals surface area (Å²) in [5, 5.41) is 13.2. The molecule has 3 heterocycles. The molecule has 134 valence electrons. The highest BCUT2D eigenvalue weighted by atomic mass is 16.7. The summed E-state index contributed by atoms with van der Waals surface area (Å²) in [5.74, 6) is 1.30. The van der Waals surface area contributed by atoms with Gasteiger partial charge < -0.3 is 29.4 Å². The van der Waals surface area contributed by atoms with Crippen molar-refractivity contribution in [2.45, 2.75) is 18.9 Å². The number of fused-ring (bicyclic) bond motifs is 3. The molecule has 2 aromatic carbocycles. The van der Waals surface area contributed by atoms with Gasteiger partial charge in [-0.3, -0.25) is 0 Å². The molecule has 0 fully saturated rings. The standard InChI is InChI=1S/C19H17NO6/c21-19(22)17-11(1-2-14-18(17)26-9-23-14)5-13-12-7-16-15(24-8-25-16)6-10(12)3-4-20-13/h1-2,6-7,13,20H,3-5,8-9H2,(H,21,22)/t13-/m0/s1. The fraction of sp³-hybridized carbons (Fsp3) is 0.316. The van der Waals surface area contributed by atoms with Gasteiger partial charge in [0.15, 0.2) is 23.0 Å². The Labute approximate surface area is 149 Å². The van der Waals surface area contributed by atoms with Crippen LogP contribution >= 0.6 is 0 Å². The van der Waals surface area contributed by atoms with E-state index in [2.05, 4.69) is 5.32 Å². The molecule has 0 radical (unpaired) electrons. The van der Waals surface area contributed by atoms with Crippen molar-refractivity contribution in [2.24, 2.45) is 0 Å². The molecule has 5 rings (SSSR count). The van der Waals surface area contributed by atoms with Gasteiger partial charge in [0, 0.05) is 6.04 Å². The van der Waals surface area contributed by atoms with Crippen LogP contribution in [0.4, 0.5) is 0 Å². The molecule has 1 atom stereocenters. The molecular formula is C19H17NO6. The van der Waals surface area contributed by atoms with Crippen LogP contribution < -0.4 is 24.3 Å². The molecule has 0 unspecified atom stereocenters. The zero-order valence-corrected chi connectivity index (χ0v) is 13.9. The maximum atomic E-state index is 11.8. The maximum Gasteiger partial charge on any atom is 0.339 e. The monoisotopic (exact) mass is 355 g/mol. The minimum Gasteiger partial charge on any atom is -0.478 e. The van der Waals surface area contributed by atoms with Crippen LogP contribution in [0.15, 0.2) is 24.3 Å². The highest BCUT2D eigenvalue weighted by Crippen LogP contribution is 2.41. The van der Waals surface area contributed by atoms with Gasteiger partial charge >= 0.3 is 5.97 Å². The SMILES string of the molecule is O=C(O)c1c(C[C@@H]2NCCc3cc4c(cc32)OCO4)ccc2c1OCO2. The lowest BCUT2D eigenvalue weighted by Crippen LogP contribution is -2.31. The average molecular weight is 355 g/mol. The fourth-order valence-electron chi connectivity index (χ4n) is 3.85. The van der Waals surface area contributed by atoms with Gasteiger partial charge in [0.2, 0.25) is 13.6 Å². The van der Waals surface area contributed by atoms with Crippen molar-refractivity contribution in [3.63, 3.8) is 0 Å². The minimum atomic E-state index is -1.01. The third kappa shape index (κ3) is 2.35. The zero-order chi connectivity index (χ0) is 17.7. The van der Waals surface area contributed by atoms with E-state index in [1.807, 2.05) is 12.1 Å². The van der Waals surface area contributed by atoms with E-state index in [4.69, 9.17) is 18.9 Å². The van der Waals surface area contributed by atoms with Crippen LogP contribution in [0.2, 0.25) is 0 Å². The molecule has 3 aliphatic heterocycles. The van der Waals surface area contributed by atoms with Crippen molar-refractivity contribution >= 4 is 5.97 Å². The summed E-state index contributed by atoms with van der Waals surface area (Å²) in [6, 6.07) is 7.60. The number of nitrogens with one attached hydrogen (secondary N) is 1. The molecular weight excluding hydrogens is 338 g/mol. The molecule has 0 saturated heterocycles. The van der Waals surface area contributed by atoms with Crippen LogP contribution in [-0.2, 0) is 12.8 Å². The van der Waals surface area contributed by atoms with Crippen LogP contribution in [0.1, 0.15) is 33.1 Å².